The monoisotopic (exact) mass is 415 g/mol. The van der Waals surface area contributed by atoms with Gasteiger partial charge in [-0.05, 0) is 23.8 Å². The van der Waals surface area contributed by atoms with Gasteiger partial charge in [0.1, 0.15) is 5.69 Å². The molecule has 2 heterocycles. The Hall–Kier alpha value is -2.54. The van der Waals surface area contributed by atoms with Crippen molar-refractivity contribution in [2.45, 2.75) is 6.42 Å². The number of thiazole rings is 1. The molecule has 4 rings (SSSR count). The van der Waals surface area contributed by atoms with Crippen LogP contribution in [0.1, 0.15) is 16.8 Å². The van der Waals surface area contributed by atoms with Crippen molar-refractivity contribution in [3.8, 4) is 0 Å². The van der Waals surface area contributed by atoms with E-state index < -0.39 is 5.56 Å². The molecule has 0 bridgehead atoms. The lowest BCUT2D eigenvalue weighted by atomic mass is 10.1. The van der Waals surface area contributed by atoms with Crippen molar-refractivity contribution >= 4 is 45.6 Å². The van der Waals surface area contributed by atoms with Gasteiger partial charge in [-0.1, -0.05) is 70.9 Å². The Morgan fingerprint density at radius 3 is 2.41 bits per heavy atom. The van der Waals surface area contributed by atoms with Gasteiger partial charge in [0.05, 0.1) is 4.53 Å². The van der Waals surface area contributed by atoms with E-state index in [1.165, 1.54) is 0 Å². The second-order valence-electron chi connectivity index (χ2n) is 5.77. The van der Waals surface area contributed by atoms with E-state index in [9.17, 15) is 9.59 Å². The molecule has 0 saturated heterocycles. The van der Waals surface area contributed by atoms with Crippen LogP contribution in [0.25, 0.3) is 11.0 Å². The molecular formula is C19H11Cl2N3O2S. The maximum atomic E-state index is 12.7. The third kappa shape index (κ3) is 3.51. The molecule has 2 aromatic carbocycles. The molecule has 0 unspecified atom stereocenters. The van der Waals surface area contributed by atoms with Crippen LogP contribution in [-0.4, -0.2) is 14.6 Å². The van der Waals surface area contributed by atoms with Gasteiger partial charge in [0.2, 0.25) is 4.96 Å². The van der Waals surface area contributed by atoms with Gasteiger partial charge in [-0.25, -0.2) is 0 Å². The molecular weight excluding hydrogens is 405 g/mol. The highest BCUT2D eigenvalue weighted by Gasteiger charge is 2.12. The average Bonchev–Trinajstić information content (AvgIpc) is 2.94. The molecule has 0 saturated carbocycles. The van der Waals surface area contributed by atoms with Crippen LogP contribution in [0.4, 0.5) is 0 Å². The summed E-state index contributed by atoms with van der Waals surface area (Å²) in [5, 5.41) is 5.09. The van der Waals surface area contributed by atoms with Crippen LogP contribution in [0.3, 0.4) is 0 Å². The fourth-order valence-corrected chi connectivity index (χ4v) is 4.01. The maximum absolute atomic E-state index is 12.7. The third-order valence-electron chi connectivity index (χ3n) is 3.94. The van der Waals surface area contributed by atoms with Gasteiger partial charge in [0, 0.05) is 22.0 Å². The lowest BCUT2D eigenvalue weighted by Gasteiger charge is -1.99. The van der Waals surface area contributed by atoms with E-state index in [0.29, 0.717) is 26.6 Å². The van der Waals surface area contributed by atoms with E-state index in [1.54, 1.807) is 24.3 Å². The minimum atomic E-state index is -0.442. The van der Waals surface area contributed by atoms with Gasteiger partial charge in [-0.15, -0.1) is 0 Å². The van der Waals surface area contributed by atoms with Gasteiger partial charge < -0.3 is 0 Å². The number of hydrogen-bond donors (Lipinski definition) is 0. The first-order chi connectivity index (χ1) is 13.0. The lowest BCUT2D eigenvalue weighted by molar-refractivity contribution is 0.811. The zero-order valence-corrected chi connectivity index (χ0v) is 16.1. The van der Waals surface area contributed by atoms with Crippen molar-refractivity contribution in [3.63, 3.8) is 0 Å². The van der Waals surface area contributed by atoms with Crippen LogP contribution in [0.5, 0.6) is 0 Å². The van der Waals surface area contributed by atoms with Crippen LogP contribution in [0.2, 0.25) is 10.0 Å². The van der Waals surface area contributed by atoms with Crippen molar-refractivity contribution in [2.24, 2.45) is 0 Å². The van der Waals surface area contributed by atoms with E-state index >= 15 is 0 Å². The Bertz CT molecular complexity index is 1300. The molecule has 2 aromatic heterocycles. The fraction of sp³-hybridized carbons (Fsp3) is 0.0526. The second kappa shape index (κ2) is 7.23. The highest BCUT2D eigenvalue weighted by atomic mass is 35.5. The number of fused-ring (bicyclic) bond motifs is 1. The molecule has 0 aliphatic carbocycles. The van der Waals surface area contributed by atoms with E-state index in [4.69, 9.17) is 23.2 Å². The van der Waals surface area contributed by atoms with Gasteiger partial charge in [0.15, 0.2) is 0 Å². The average molecular weight is 416 g/mol. The lowest BCUT2D eigenvalue weighted by Crippen LogP contribution is -2.28. The minimum absolute atomic E-state index is 0.218. The van der Waals surface area contributed by atoms with E-state index in [2.05, 4.69) is 10.1 Å². The van der Waals surface area contributed by atoms with Gasteiger partial charge in [0.25, 0.3) is 11.1 Å². The van der Waals surface area contributed by atoms with Gasteiger partial charge >= 0.3 is 0 Å². The first-order valence-electron chi connectivity index (χ1n) is 7.95. The van der Waals surface area contributed by atoms with Crippen LogP contribution < -0.4 is 15.7 Å². The number of nitrogens with zero attached hydrogens (tertiary/aromatic N) is 3. The first kappa shape index (κ1) is 17.9. The molecule has 0 atom stereocenters. The normalized spacial score (nSPS) is 12.0. The summed E-state index contributed by atoms with van der Waals surface area (Å²) in [5.74, 6) is 0. The number of benzene rings is 2. The van der Waals surface area contributed by atoms with Crippen molar-refractivity contribution in [2.75, 3.05) is 0 Å². The topological polar surface area (TPSA) is 64.3 Å². The fourth-order valence-electron chi connectivity index (χ4n) is 2.62. The van der Waals surface area contributed by atoms with Crippen LogP contribution in [0.15, 0.2) is 58.1 Å². The Labute approximate surface area is 167 Å². The van der Waals surface area contributed by atoms with Crippen molar-refractivity contribution in [1.29, 1.82) is 0 Å². The molecule has 4 aromatic rings. The predicted octanol–water partition coefficient (Wildman–Crippen LogP) is 2.96. The van der Waals surface area contributed by atoms with Crippen LogP contribution >= 0.6 is 34.5 Å². The first-order valence-corrected chi connectivity index (χ1v) is 9.52. The zero-order chi connectivity index (χ0) is 19.0. The summed E-state index contributed by atoms with van der Waals surface area (Å²) < 4.78 is 1.50. The van der Waals surface area contributed by atoms with Crippen molar-refractivity contribution < 1.29 is 0 Å². The Morgan fingerprint density at radius 1 is 1.00 bits per heavy atom. The second-order valence-corrected chi connectivity index (χ2v) is 7.60. The number of halogens is 2. The smallest absolute Gasteiger partial charge is 0.266 e. The quantitative estimate of drug-likeness (QED) is 0.515. The molecule has 5 nitrogen and oxygen atoms in total. The Balaban J connectivity index is 1.87. The SMILES string of the molecule is O=c1nc2sc(=Cc3c(Cl)cccc3Cl)c(=O)n2nc1Cc1ccccc1. The standard InChI is InChI=1S/C19H11Cl2N3O2S/c20-13-7-4-8-14(21)12(13)10-16-18(26)24-19(27-16)22-17(25)15(23-24)9-11-5-2-1-3-6-11/h1-8,10H,9H2. The van der Waals surface area contributed by atoms with E-state index in [1.807, 2.05) is 30.3 Å². The summed E-state index contributed by atoms with van der Waals surface area (Å²) in [7, 11) is 0. The molecule has 0 amide bonds. The molecule has 0 spiro atoms. The zero-order valence-electron chi connectivity index (χ0n) is 13.7. The molecule has 0 N–H and O–H groups in total. The summed E-state index contributed by atoms with van der Waals surface area (Å²) in [6.45, 7) is 0. The van der Waals surface area contributed by atoms with Gasteiger partial charge in [-0.3, -0.25) is 9.59 Å². The Morgan fingerprint density at radius 2 is 1.70 bits per heavy atom. The predicted molar refractivity (Wildman–Crippen MR) is 108 cm³/mol. The number of rotatable bonds is 3. The highest BCUT2D eigenvalue weighted by Crippen LogP contribution is 2.24. The number of hydrogen-bond acceptors (Lipinski definition) is 5. The molecule has 0 radical (unpaired) electrons. The molecule has 27 heavy (non-hydrogen) atoms. The van der Waals surface area contributed by atoms with Crippen LogP contribution in [-0.2, 0) is 6.42 Å². The minimum Gasteiger partial charge on any atom is -0.266 e. The van der Waals surface area contributed by atoms with Crippen molar-refractivity contribution in [1.82, 2.24) is 14.6 Å². The molecule has 0 aliphatic rings. The number of aromatic nitrogens is 3. The van der Waals surface area contributed by atoms with E-state index in [-0.39, 0.29) is 16.2 Å². The van der Waals surface area contributed by atoms with Crippen molar-refractivity contribution in [3.05, 3.63) is 101 Å². The summed E-state index contributed by atoms with van der Waals surface area (Å²) >= 11 is 13.4. The summed E-state index contributed by atoms with van der Waals surface area (Å²) in [5.41, 5.74) is 0.865. The molecule has 134 valence electrons. The third-order valence-corrected chi connectivity index (χ3v) is 5.56. The molecule has 0 fully saturated rings. The summed E-state index contributed by atoms with van der Waals surface area (Å²) in [6.07, 6.45) is 1.90. The van der Waals surface area contributed by atoms with E-state index in [0.717, 1.165) is 21.4 Å². The van der Waals surface area contributed by atoms with Gasteiger partial charge in [-0.2, -0.15) is 14.6 Å². The molecule has 0 aliphatic heterocycles. The largest absolute Gasteiger partial charge is 0.296 e. The molecule has 8 heteroatoms. The summed E-state index contributed by atoms with van der Waals surface area (Å²) in [6, 6.07) is 14.5. The Kier molecular flexibility index (Phi) is 4.78. The highest BCUT2D eigenvalue weighted by molar-refractivity contribution is 7.15. The van der Waals surface area contributed by atoms with Crippen LogP contribution in [0, 0.1) is 0 Å². The maximum Gasteiger partial charge on any atom is 0.296 e. The summed E-state index contributed by atoms with van der Waals surface area (Å²) in [4.78, 5) is 29.3.